The first-order valence-electron chi connectivity index (χ1n) is 7.80. The third kappa shape index (κ3) is 4.44. The maximum absolute atomic E-state index is 12.3. The highest BCUT2D eigenvalue weighted by Crippen LogP contribution is 2.52. The van der Waals surface area contributed by atoms with Gasteiger partial charge in [-0.25, -0.2) is 0 Å². The fourth-order valence-corrected chi connectivity index (χ4v) is 2.36. The molecule has 1 aromatic rings. The zero-order chi connectivity index (χ0) is 17.3. The summed E-state index contributed by atoms with van der Waals surface area (Å²) < 4.78 is 11.0. The Hall–Kier alpha value is -2.10. The van der Waals surface area contributed by atoms with Gasteiger partial charge in [0.05, 0.1) is 11.3 Å². The van der Waals surface area contributed by atoms with Crippen LogP contribution in [0.25, 0.3) is 6.08 Å². The summed E-state index contributed by atoms with van der Waals surface area (Å²) in [4.78, 5) is 23.5. The van der Waals surface area contributed by atoms with Crippen LogP contribution >= 0.6 is 0 Å². The van der Waals surface area contributed by atoms with E-state index in [-0.39, 0.29) is 17.9 Å². The molecule has 1 saturated carbocycles. The van der Waals surface area contributed by atoms with Crippen molar-refractivity contribution in [3.8, 4) is 0 Å². The minimum atomic E-state index is -0.595. The minimum absolute atomic E-state index is 0.0992. The Morgan fingerprint density at radius 3 is 2.35 bits per heavy atom. The second-order valence-electron chi connectivity index (χ2n) is 7.26. The van der Waals surface area contributed by atoms with Crippen LogP contribution < -0.4 is 0 Å². The van der Waals surface area contributed by atoms with Crippen LogP contribution in [-0.4, -0.2) is 17.5 Å². The van der Waals surface area contributed by atoms with Gasteiger partial charge in [0.25, 0.3) is 0 Å². The van der Waals surface area contributed by atoms with Gasteiger partial charge in [0.2, 0.25) is 0 Å². The number of esters is 2. The van der Waals surface area contributed by atoms with Crippen molar-refractivity contribution < 1.29 is 19.1 Å². The van der Waals surface area contributed by atoms with E-state index < -0.39 is 11.0 Å². The van der Waals surface area contributed by atoms with Gasteiger partial charge in [0.15, 0.2) is 0 Å². The number of rotatable bonds is 4. The Kier molecular flexibility index (Phi) is 4.64. The standard InChI is InChI=1S/C19H24O4/c1-13(20)23-19(5)12-15(19)16(22-17(21)18(2,3)4)11-14-9-7-6-8-10-14/h6-11,15H,12H2,1-5H3/b16-11-/t15-,19-/m1/s1. The number of carbonyl (C=O) groups is 2. The van der Waals surface area contributed by atoms with Crippen molar-refractivity contribution in [3.05, 3.63) is 41.7 Å². The fraction of sp³-hybridized carbons (Fsp3) is 0.474. The molecule has 23 heavy (non-hydrogen) atoms. The number of ether oxygens (including phenoxy) is 2. The average Bonchev–Trinajstić information content (AvgIpc) is 3.08. The van der Waals surface area contributed by atoms with Crippen molar-refractivity contribution in [2.75, 3.05) is 0 Å². The highest BCUT2D eigenvalue weighted by Gasteiger charge is 2.57. The topological polar surface area (TPSA) is 52.6 Å². The molecule has 1 fully saturated rings. The number of hydrogen-bond donors (Lipinski definition) is 0. The smallest absolute Gasteiger partial charge is 0.316 e. The summed E-state index contributed by atoms with van der Waals surface area (Å²) in [5.74, 6) is -0.161. The molecule has 1 aliphatic carbocycles. The van der Waals surface area contributed by atoms with E-state index >= 15 is 0 Å². The van der Waals surface area contributed by atoms with Crippen LogP contribution in [0.1, 0.15) is 46.6 Å². The molecule has 0 unspecified atom stereocenters. The largest absolute Gasteiger partial charge is 0.459 e. The summed E-state index contributed by atoms with van der Waals surface area (Å²) in [6.07, 6.45) is 2.51. The van der Waals surface area contributed by atoms with E-state index in [1.807, 2.05) is 64.1 Å². The van der Waals surface area contributed by atoms with Crippen LogP contribution in [0.4, 0.5) is 0 Å². The lowest BCUT2D eigenvalue weighted by atomic mass is 9.97. The lowest BCUT2D eigenvalue weighted by molar-refractivity contribution is -0.150. The first kappa shape index (κ1) is 17.3. The molecule has 0 amide bonds. The SMILES string of the molecule is CC(=O)O[C@]1(C)C[C@@H]1/C(=C/c1ccccc1)OC(=O)C(C)(C)C. The van der Waals surface area contributed by atoms with Gasteiger partial charge in [0, 0.05) is 13.3 Å². The fourth-order valence-electron chi connectivity index (χ4n) is 2.36. The molecule has 0 heterocycles. The summed E-state index contributed by atoms with van der Waals surface area (Å²) in [7, 11) is 0. The molecular weight excluding hydrogens is 292 g/mol. The first-order valence-corrected chi connectivity index (χ1v) is 7.80. The maximum atomic E-state index is 12.3. The van der Waals surface area contributed by atoms with E-state index in [1.54, 1.807) is 0 Å². The van der Waals surface area contributed by atoms with Gasteiger partial charge in [-0.3, -0.25) is 9.59 Å². The number of hydrogen-bond acceptors (Lipinski definition) is 4. The lowest BCUT2D eigenvalue weighted by Crippen LogP contribution is -2.24. The predicted octanol–water partition coefficient (Wildman–Crippen LogP) is 3.96. The molecule has 2 atom stereocenters. The van der Waals surface area contributed by atoms with Crippen LogP contribution in [0, 0.1) is 11.3 Å². The van der Waals surface area contributed by atoms with Gasteiger partial charge < -0.3 is 9.47 Å². The van der Waals surface area contributed by atoms with Crippen molar-refractivity contribution in [3.63, 3.8) is 0 Å². The zero-order valence-electron chi connectivity index (χ0n) is 14.4. The molecule has 0 saturated heterocycles. The van der Waals surface area contributed by atoms with Gasteiger partial charge in [-0.05, 0) is 39.3 Å². The van der Waals surface area contributed by atoms with Crippen molar-refractivity contribution in [1.82, 2.24) is 0 Å². The monoisotopic (exact) mass is 316 g/mol. The molecule has 124 valence electrons. The molecule has 0 radical (unpaired) electrons. The van der Waals surface area contributed by atoms with E-state index in [1.165, 1.54) is 6.92 Å². The molecule has 0 bridgehead atoms. The lowest BCUT2D eigenvalue weighted by Gasteiger charge is -2.19. The highest BCUT2D eigenvalue weighted by atomic mass is 16.6. The molecule has 2 rings (SSSR count). The van der Waals surface area contributed by atoms with Gasteiger partial charge in [-0.2, -0.15) is 0 Å². The van der Waals surface area contributed by atoms with Crippen molar-refractivity contribution in [2.24, 2.45) is 11.3 Å². The van der Waals surface area contributed by atoms with Crippen LogP contribution in [0.15, 0.2) is 36.1 Å². The average molecular weight is 316 g/mol. The summed E-state index contributed by atoms with van der Waals surface area (Å²) in [5.41, 5.74) is -0.242. The molecule has 1 aromatic carbocycles. The Labute approximate surface area is 137 Å². The molecule has 4 heteroatoms. The van der Waals surface area contributed by atoms with E-state index in [0.717, 1.165) is 5.56 Å². The van der Waals surface area contributed by atoms with Crippen LogP contribution in [0.2, 0.25) is 0 Å². The van der Waals surface area contributed by atoms with Crippen molar-refractivity contribution in [2.45, 2.75) is 46.6 Å². The van der Waals surface area contributed by atoms with Crippen LogP contribution in [0.3, 0.4) is 0 Å². The highest BCUT2D eigenvalue weighted by molar-refractivity contribution is 5.77. The minimum Gasteiger partial charge on any atom is -0.459 e. The molecule has 1 aliphatic rings. The third-order valence-electron chi connectivity index (χ3n) is 3.84. The summed E-state index contributed by atoms with van der Waals surface area (Å²) >= 11 is 0. The molecule has 4 nitrogen and oxygen atoms in total. The first-order chi connectivity index (χ1) is 10.6. The van der Waals surface area contributed by atoms with Gasteiger partial charge in [-0.15, -0.1) is 0 Å². The molecule has 0 N–H and O–H groups in total. The zero-order valence-corrected chi connectivity index (χ0v) is 14.4. The normalized spacial score (nSPS) is 24.0. The van der Waals surface area contributed by atoms with E-state index in [0.29, 0.717) is 12.2 Å². The molecule has 0 aliphatic heterocycles. The van der Waals surface area contributed by atoms with Gasteiger partial charge in [-0.1, -0.05) is 30.3 Å². The Morgan fingerprint density at radius 2 is 1.83 bits per heavy atom. The molecule has 0 spiro atoms. The van der Waals surface area contributed by atoms with E-state index in [9.17, 15) is 9.59 Å². The second kappa shape index (κ2) is 6.19. The molecule has 0 aromatic heterocycles. The van der Waals surface area contributed by atoms with Crippen LogP contribution in [0.5, 0.6) is 0 Å². The van der Waals surface area contributed by atoms with Gasteiger partial charge >= 0.3 is 11.9 Å². The quantitative estimate of drug-likeness (QED) is 0.623. The second-order valence-corrected chi connectivity index (χ2v) is 7.26. The molecular formula is C19H24O4. The number of carbonyl (C=O) groups excluding carboxylic acids is 2. The van der Waals surface area contributed by atoms with Crippen LogP contribution in [-0.2, 0) is 19.1 Å². The maximum Gasteiger partial charge on any atom is 0.316 e. The number of benzene rings is 1. The Balaban J connectivity index is 2.25. The summed E-state index contributed by atoms with van der Waals surface area (Å²) in [6, 6.07) is 9.66. The van der Waals surface area contributed by atoms with E-state index in [2.05, 4.69) is 0 Å². The van der Waals surface area contributed by atoms with Gasteiger partial charge in [0.1, 0.15) is 11.4 Å². The van der Waals surface area contributed by atoms with E-state index in [4.69, 9.17) is 9.47 Å². The van der Waals surface area contributed by atoms with Crippen molar-refractivity contribution >= 4 is 18.0 Å². The summed E-state index contributed by atoms with van der Waals surface area (Å²) in [6.45, 7) is 8.69. The predicted molar refractivity (Wildman–Crippen MR) is 88.2 cm³/mol. The summed E-state index contributed by atoms with van der Waals surface area (Å²) in [5, 5.41) is 0. The van der Waals surface area contributed by atoms with Crippen molar-refractivity contribution in [1.29, 1.82) is 0 Å². The third-order valence-corrected chi connectivity index (χ3v) is 3.84. The Morgan fingerprint density at radius 1 is 1.22 bits per heavy atom. The Bertz CT molecular complexity index is 625.